The maximum atomic E-state index is 13.0. The van der Waals surface area contributed by atoms with Crippen LogP contribution < -0.4 is 4.74 Å². The molecule has 0 radical (unpaired) electrons. The Morgan fingerprint density at radius 3 is 2.44 bits per heavy atom. The summed E-state index contributed by atoms with van der Waals surface area (Å²) in [6.45, 7) is 8.24. The predicted molar refractivity (Wildman–Crippen MR) is 98.2 cm³/mol. The van der Waals surface area contributed by atoms with Gasteiger partial charge in [-0.1, -0.05) is 43.2 Å². The molecule has 2 heterocycles. The molecule has 0 saturated carbocycles. The maximum Gasteiger partial charge on any atom is 0.329 e. The molecule has 3 heteroatoms. The van der Waals surface area contributed by atoms with Gasteiger partial charge in [-0.05, 0) is 44.9 Å². The van der Waals surface area contributed by atoms with Crippen molar-refractivity contribution >= 4 is 16.9 Å². The zero-order chi connectivity index (χ0) is 17.8. The van der Waals surface area contributed by atoms with E-state index in [9.17, 15) is 4.79 Å². The molecule has 1 aromatic heterocycles. The summed E-state index contributed by atoms with van der Waals surface area (Å²) in [5.41, 5.74) is 4.29. The molecule has 1 atom stereocenters. The van der Waals surface area contributed by atoms with Crippen LogP contribution in [0.3, 0.4) is 0 Å². The van der Waals surface area contributed by atoms with Crippen LogP contribution in [0.5, 0.6) is 5.75 Å². The average Bonchev–Trinajstić information content (AvgIpc) is 3.09. The van der Waals surface area contributed by atoms with Crippen molar-refractivity contribution in [2.24, 2.45) is 0 Å². The van der Waals surface area contributed by atoms with E-state index in [1.165, 1.54) is 5.56 Å². The lowest BCUT2D eigenvalue weighted by Gasteiger charge is -2.23. The zero-order valence-electron chi connectivity index (χ0n) is 15.1. The summed E-state index contributed by atoms with van der Waals surface area (Å²) in [7, 11) is 0. The monoisotopic (exact) mass is 334 g/mol. The zero-order valence-corrected chi connectivity index (χ0v) is 15.1. The summed E-state index contributed by atoms with van der Waals surface area (Å²) < 4.78 is 11.9. The number of fused-ring (bicyclic) bond motifs is 2. The third-order valence-electron chi connectivity index (χ3n) is 5.36. The molecular weight excluding hydrogens is 312 g/mol. The van der Waals surface area contributed by atoms with Crippen LogP contribution in [-0.4, -0.2) is 5.97 Å². The van der Waals surface area contributed by atoms with Crippen molar-refractivity contribution < 1.29 is 13.9 Å². The number of benzene rings is 2. The minimum Gasteiger partial charge on any atom is -0.459 e. The third-order valence-corrected chi connectivity index (χ3v) is 5.36. The Morgan fingerprint density at radius 1 is 1.00 bits per heavy atom. The molecule has 1 aliphatic rings. The molecule has 128 valence electrons. The van der Waals surface area contributed by atoms with Crippen molar-refractivity contribution in [1.82, 2.24) is 0 Å². The van der Waals surface area contributed by atoms with Gasteiger partial charge < -0.3 is 9.15 Å². The molecule has 1 unspecified atom stereocenters. The standard InChI is InChI=1S/C22H22O3/c1-5-15-16-11-13(3)7-9-18(16)24-20(15)22(6-2)17-12-14(4)8-10-19(17)25-21(22)23/h7-12H,5-6H2,1-4H3. The van der Waals surface area contributed by atoms with Crippen molar-refractivity contribution in [3.8, 4) is 5.75 Å². The van der Waals surface area contributed by atoms with Gasteiger partial charge in [-0.3, -0.25) is 4.79 Å². The fraction of sp³-hybridized carbons (Fsp3) is 0.318. The Hall–Kier alpha value is -2.55. The van der Waals surface area contributed by atoms with Gasteiger partial charge in [-0.15, -0.1) is 0 Å². The topological polar surface area (TPSA) is 39.4 Å². The minimum atomic E-state index is -0.861. The number of carbonyl (C=O) groups excluding carboxylic acids is 1. The molecule has 3 nitrogen and oxygen atoms in total. The van der Waals surface area contributed by atoms with Gasteiger partial charge in [0.25, 0.3) is 0 Å². The fourth-order valence-corrected chi connectivity index (χ4v) is 4.03. The number of aryl methyl sites for hydroxylation is 3. The molecule has 25 heavy (non-hydrogen) atoms. The molecule has 0 spiro atoms. The van der Waals surface area contributed by atoms with Crippen LogP contribution in [0.15, 0.2) is 40.8 Å². The first kappa shape index (κ1) is 15.9. The maximum absolute atomic E-state index is 13.0. The molecule has 0 fully saturated rings. The molecule has 1 aliphatic heterocycles. The smallest absolute Gasteiger partial charge is 0.329 e. The lowest BCUT2D eigenvalue weighted by Crippen LogP contribution is -2.35. The average molecular weight is 334 g/mol. The SMILES string of the molecule is CCc1c(C2(CC)C(=O)Oc3ccc(C)cc32)oc2ccc(C)cc12. The highest BCUT2D eigenvalue weighted by atomic mass is 16.5. The Morgan fingerprint density at radius 2 is 1.72 bits per heavy atom. The largest absolute Gasteiger partial charge is 0.459 e. The third kappa shape index (κ3) is 2.08. The fourth-order valence-electron chi connectivity index (χ4n) is 4.03. The highest BCUT2D eigenvalue weighted by molar-refractivity contribution is 5.96. The van der Waals surface area contributed by atoms with Crippen molar-refractivity contribution in [2.75, 3.05) is 0 Å². The highest BCUT2D eigenvalue weighted by Crippen LogP contribution is 2.50. The summed E-state index contributed by atoms with van der Waals surface area (Å²) >= 11 is 0. The second-order valence-corrected chi connectivity index (χ2v) is 6.91. The Labute approximate surface area is 147 Å². The molecule has 2 aromatic carbocycles. The quantitative estimate of drug-likeness (QED) is 0.486. The van der Waals surface area contributed by atoms with Crippen molar-refractivity contribution in [1.29, 1.82) is 0 Å². The van der Waals surface area contributed by atoms with Gasteiger partial charge in [0.2, 0.25) is 0 Å². The molecule has 0 saturated heterocycles. The van der Waals surface area contributed by atoms with Gasteiger partial charge >= 0.3 is 5.97 Å². The number of hydrogen-bond donors (Lipinski definition) is 0. The lowest BCUT2D eigenvalue weighted by molar-refractivity contribution is -0.137. The predicted octanol–water partition coefficient (Wildman–Crippen LogP) is 5.23. The van der Waals surface area contributed by atoms with Gasteiger partial charge in [0.15, 0.2) is 5.41 Å². The van der Waals surface area contributed by atoms with Crippen molar-refractivity contribution in [3.63, 3.8) is 0 Å². The molecule has 0 amide bonds. The molecule has 0 N–H and O–H groups in total. The molecule has 3 aromatic rings. The number of furan rings is 1. The highest BCUT2D eigenvalue weighted by Gasteiger charge is 2.53. The second kappa shape index (κ2) is 5.48. The van der Waals surface area contributed by atoms with E-state index >= 15 is 0 Å². The summed E-state index contributed by atoms with van der Waals surface area (Å²) in [6, 6.07) is 12.1. The van der Waals surface area contributed by atoms with Gasteiger partial charge in [0, 0.05) is 16.5 Å². The van der Waals surface area contributed by atoms with E-state index in [1.807, 2.05) is 38.1 Å². The summed E-state index contributed by atoms with van der Waals surface area (Å²) in [4.78, 5) is 13.0. The Kier molecular flexibility index (Phi) is 3.50. The number of esters is 1. The van der Waals surface area contributed by atoms with Crippen molar-refractivity contribution in [3.05, 3.63) is 64.4 Å². The summed E-state index contributed by atoms with van der Waals surface area (Å²) in [6.07, 6.45) is 1.41. The van der Waals surface area contributed by atoms with Crippen LogP contribution in [0.1, 0.15) is 48.3 Å². The molecule has 0 aliphatic carbocycles. The van der Waals surface area contributed by atoms with E-state index in [-0.39, 0.29) is 5.97 Å². The van der Waals surface area contributed by atoms with Crippen LogP contribution in [-0.2, 0) is 16.6 Å². The van der Waals surface area contributed by atoms with Gasteiger partial charge in [0.05, 0.1) is 0 Å². The van der Waals surface area contributed by atoms with Gasteiger partial charge in [-0.2, -0.15) is 0 Å². The van der Waals surface area contributed by atoms with E-state index in [2.05, 4.69) is 26.0 Å². The van der Waals surface area contributed by atoms with Crippen LogP contribution >= 0.6 is 0 Å². The number of hydrogen-bond acceptors (Lipinski definition) is 3. The number of rotatable bonds is 3. The molecule has 0 bridgehead atoms. The van der Waals surface area contributed by atoms with Crippen LogP contribution in [0, 0.1) is 13.8 Å². The van der Waals surface area contributed by atoms with E-state index in [0.717, 1.165) is 39.8 Å². The van der Waals surface area contributed by atoms with E-state index in [4.69, 9.17) is 9.15 Å². The second-order valence-electron chi connectivity index (χ2n) is 6.91. The minimum absolute atomic E-state index is 0.235. The molecular formula is C22H22O3. The Bertz CT molecular complexity index is 996. The van der Waals surface area contributed by atoms with Crippen LogP contribution in [0.2, 0.25) is 0 Å². The van der Waals surface area contributed by atoms with E-state index < -0.39 is 5.41 Å². The number of carbonyl (C=O) groups is 1. The van der Waals surface area contributed by atoms with Crippen LogP contribution in [0.4, 0.5) is 0 Å². The molecule has 4 rings (SSSR count). The first-order valence-corrected chi connectivity index (χ1v) is 8.87. The lowest BCUT2D eigenvalue weighted by atomic mass is 9.75. The summed E-state index contributed by atoms with van der Waals surface area (Å²) in [5, 5.41) is 1.10. The number of ether oxygens (including phenoxy) is 1. The van der Waals surface area contributed by atoms with Gasteiger partial charge in [0.1, 0.15) is 17.1 Å². The Balaban J connectivity index is 2.07. The normalized spacial score (nSPS) is 19.3. The van der Waals surface area contributed by atoms with Crippen LogP contribution in [0.25, 0.3) is 11.0 Å². The van der Waals surface area contributed by atoms with Gasteiger partial charge in [-0.25, -0.2) is 0 Å². The van der Waals surface area contributed by atoms with E-state index in [1.54, 1.807) is 0 Å². The van der Waals surface area contributed by atoms with E-state index in [0.29, 0.717) is 12.2 Å². The first-order chi connectivity index (χ1) is 12.0. The first-order valence-electron chi connectivity index (χ1n) is 8.87. The summed E-state index contributed by atoms with van der Waals surface area (Å²) in [5.74, 6) is 1.16. The van der Waals surface area contributed by atoms with Crippen molar-refractivity contribution in [2.45, 2.75) is 46.0 Å².